The summed E-state index contributed by atoms with van der Waals surface area (Å²) in [5.41, 5.74) is -0.686. The number of aliphatic hydroxyl groups is 2. The molecule has 0 aromatic carbocycles. The van der Waals surface area contributed by atoms with E-state index in [9.17, 15) is 10.2 Å². The Morgan fingerprint density at radius 1 is 1.50 bits per heavy atom. The zero-order valence-electron chi connectivity index (χ0n) is 10.4. The topological polar surface area (TPSA) is 61.7 Å². The van der Waals surface area contributed by atoms with Crippen molar-refractivity contribution in [3.63, 3.8) is 0 Å². The summed E-state index contributed by atoms with van der Waals surface area (Å²) in [5.74, 6) is 0.737. The second kappa shape index (κ2) is 6.55. The van der Waals surface area contributed by atoms with Crippen LogP contribution in [0.4, 0.5) is 0 Å². The van der Waals surface area contributed by atoms with Crippen LogP contribution in [-0.2, 0) is 4.74 Å². The molecule has 0 bridgehead atoms. The molecule has 1 aliphatic rings. The Kier molecular flexibility index (Phi) is 5.69. The Balaban J connectivity index is 1.94. The Morgan fingerprint density at radius 2 is 2.19 bits per heavy atom. The maximum absolute atomic E-state index is 9.72. The summed E-state index contributed by atoms with van der Waals surface area (Å²) in [4.78, 5) is 0. The highest BCUT2D eigenvalue weighted by Gasteiger charge is 2.21. The molecule has 0 aromatic heterocycles. The van der Waals surface area contributed by atoms with Crippen LogP contribution in [0, 0.1) is 5.92 Å². The van der Waals surface area contributed by atoms with Gasteiger partial charge in [-0.25, -0.2) is 0 Å². The fourth-order valence-electron chi connectivity index (χ4n) is 1.35. The van der Waals surface area contributed by atoms with E-state index in [0.717, 1.165) is 12.5 Å². The molecule has 0 aliphatic heterocycles. The fourth-order valence-corrected chi connectivity index (χ4v) is 1.35. The molecule has 0 radical (unpaired) electrons. The van der Waals surface area contributed by atoms with E-state index in [4.69, 9.17) is 4.74 Å². The molecule has 1 aliphatic carbocycles. The van der Waals surface area contributed by atoms with Crippen molar-refractivity contribution in [1.29, 1.82) is 0 Å². The number of rotatable bonds is 9. The monoisotopic (exact) mass is 231 g/mol. The molecule has 3 N–H and O–H groups in total. The number of hydrogen-bond donors (Lipinski definition) is 3. The molecule has 1 fully saturated rings. The van der Waals surface area contributed by atoms with Crippen LogP contribution in [0.25, 0.3) is 0 Å². The van der Waals surface area contributed by atoms with Crippen molar-refractivity contribution in [3.05, 3.63) is 0 Å². The van der Waals surface area contributed by atoms with E-state index < -0.39 is 11.7 Å². The van der Waals surface area contributed by atoms with Gasteiger partial charge in [0.1, 0.15) is 0 Å². The van der Waals surface area contributed by atoms with Gasteiger partial charge in [0.2, 0.25) is 0 Å². The molecular formula is C12H25NO3. The maximum Gasteiger partial charge on any atom is 0.0897 e. The summed E-state index contributed by atoms with van der Waals surface area (Å²) in [7, 11) is 0. The first-order valence-corrected chi connectivity index (χ1v) is 6.22. The average molecular weight is 231 g/mol. The molecule has 0 amide bonds. The lowest BCUT2D eigenvalue weighted by molar-refractivity contribution is 0.0228. The highest BCUT2D eigenvalue weighted by atomic mass is 16.5. The lowest BCUT2D eigenvalue weighted by Gasteiger charge is -2.22. The van der Waals surface area contributed by atoms with Gasteiger partial charge in [0, 0.05) is 19.7 Å². The zero-order chi connectivity index (χ0) is 12.0. The third-order valence-electron chi connectivity index (χ3n) is 3.01. The van der Waals surface area contributed by atoms with E-state index in [-0.39, 0.29) is 0 Å². The van der Waals surface area contributed by atoms with Gasteiger partial charge in [0.15, 0.2) is 0 Å². The van der Waals surface area contributed by atoms with E-state index >= 15 is 0 Å². The van der Waals surface area contributed by atoms with Gasteiger partial charge in [-0.1, -0.05) is 6.92 Å². The van der Waals surface area contributed by atoms with Crippen LogP contribution in [0.15, 0.2) is 0 Å². The van der Waals surface area contributed by atoms with Crippen molar-refractivity contribution in [2.75, 3.05) is 26.3 Å². The van der Waals surface area contributed by atoms with Gasteiger partial charge in [-0.3, -0.25) is 0 Å². The second-order valence-corrected chi connectivity index (χ2v) is 5.12. The number of nitrogens with one attached hydrogen (secondary N) is 1. The summed E-state index contributed by atoms with van der Waals surface area (Å²) < 4.78 is 5.38. The van der Waals surface area contributed by atoms with E-state index in [1.54, 1.807) is 6.92 Å². The predicted molar refractivity (Wildman–Crippen MR) is 63.3 cm³/mol. The summed E-state index contributed by atoms with van der Waals surface area (Å²) in [5, 5.41) is 22.4. The fraction of sp³-hybridized carbons (Fsp3) is 1.00. The first kappa shape index (κ1) is 13.9. The van der Waals surface area contributed by atoms with Crippen LogP contribution in [0.5, 0.6) is 0 Å². The lowest BCUT2D eigenvalue weighted by atomic mass is 10.0. The minimum atomic E-state index is -0.686. The third kappa shape index (κ3) is 6.43. The normalized spacial score (nSPS) is 21.8. The van der Waals surface area contributed by atoms with Gasteiger partial charge in [-0.15, -0.1) is 0 Å². The number of aliphatic hydroxyl groups excluding tert-OH is 1. The molecule has 2 atom stereocenters. The predicted octanol–water partition coefficient (Wildman–Crippen LogP) is 0.524. The number of hydrogen-bond acceptors (Lipinski definition) is 4. The Morgan fingerprint density at radius 3 is 2.75 bits per heavy atom. The molecule has 96 valence electrons. The van der Waals surface area contributed by atoms with Crippen molar-refractivity contribution in [2.45, 2.75) is 44.8 Å². The molecule has 16 heavy (non-hydrogen) atoms. The minimum absolute atomic E-state index is 0.387. The van der Waals surface area contributed by atoms with Crippen LogP contribution in [0.3, 0.4) is 0 Å². The van der Waals surface area contributed by atoms with Crippen molar-refractivity contribution in [1.82, 2.24) is 5.32 Å². The van der Waals surface area contributed by atoms with Gasteiger partial charge in [-0.2, -0.15) is 0 Å². The van der Waals surface area contributed by atoms with E-state index in [1.165, 1.54) is 12.8 Å². The minimum Gasteiger partial charge on any atom is -0.389 e. The van der Waals surface area contributed by atoms with Gasteiger partial charge in [0.05, 0.1) is 18.3 Å². The molecule has 0 spiro atoms. The van der Waals surface area contributed by atoms with Crippen molar-refractivity contribution >= 4 is 0 Å². The van der Waals surface area contributed by atoms with Crippen molar-refractivity contribution in [3.8, 4) is 0 Å². The van der Waals surface area contributed by atoms with Gasteiger partial charge < -0.3 is 20.3 Å². The van der Waals surface area contributed by atoms with Crippen molar-refractivity contribution in [2.24, 2.45) is 5.92 Å². The smallest absolute Gasteiger partial charge is 0.0897 e. The van der Waals surface area contributed by atoms with Crippen LogP contribution in [0.1, 0.15) is 33.1 Å². The molecule has 0 aromatic rings. The zero-order valence-corrected chi connectivity index (χ0v) is 10.4. The van der Waals surface area contributed by atoms with Crippen LogP contribution >= 0.6 is 0 Å². The second-order valence-electron chi connectivity index (χ2n) is 5.12. The van der Waals surface area contributed by atoms with Crippen LogP contribution in [0.2, 0.25) is 0 Å². The summed E-state index contributed by atoms with van der Waals surface area (Å²) >= 11 is 0. The van der Waals surface area contributed by atoms with Crippen LogP contribution < -0.4 is 5.32 Å². The summed E-state index contributed by atoms with van der Waals surface area (Å²) in [6, 6.07) is 0. The molecule has 4 heteroatoms. The molecule has 2 unspecified atom stereocenters. The average Bonchev–Trinajstić information content (AvgIpc) is 3.01. The highest BCUT2D eigenvalue weighted by Crippen LogP contribution is 2.28. The SMILES string of the molecule is CCC(C)(O)CNCC(O)COCC1CC1. The maximum atomic E-state index is 9.72. The first-order valence-electron chi connectivity index (χ1n) is 6.22. The Bertz CT molecular complexity index is 193. The summed E-state index contributed by atoms with van der Waals surface area (Å²) in [6.45, 7) is 5.87. The lowest BCUT2D eigenvalue weighted by Crippen LogP contribution is -2.41. The van der Waals surface area contributed by atoms with Crippen LogP contribution in [-0.4, -0.2) is 48.2 Å². The largest absolute Gasteiger partial charge is 0.389 e. The highest BCUT2D eigenvalue weighted by molar-refractivity contribution is 4.75. The van der Waals surface area contributed by atoms with E-state index in [0.29, 0.717) is 26.1 Å². The Hall–Kier alpha value is -0.160. The number of ether oxygens (including phenoxy) is 1. The van der Waals surface area contributed by atoms with Gasteiger partial charge in [-0.05, 0) is 32.1 Å². The molecule has 1 saturated carbocycles. The standard InChI is InChI=1S/C12H25NO3/c1-3-12(2,15)9-13-6-11(14)8-16-7-10-4-5-10/h10-11,13-15H,3-9H2,1-2H3. The summed E-state index contributed by atoms with van der Waals surface area (Å²) in [6.07, 6.45) is 2.77. The quantitative estimate of drug-likeness (QED) is 0.541. The molecule has 4 nitrogen and oxygen atoms in total. The molecule has 0 saturated heterocycles. The van der Waals surface area contributed by atoms with E-state index in [1.807, 2.05) is 6.92 Å². The van der Waals surface area contributed by atoms with E-state index in [2.05, 4.69) is 5.32 Å². The Labute approximate surface area is 98.0 Å². The first-order chi connectivity index (χ1) is 7.53. The molecule has 0 heterocycles. The molecular weight excluding hydrogens is 206 g/mol. The van der Waals surface area contributed by atoms with Gasteiger partial charge >= 0.3 is 0 Å². The molecule has 1 rings (SSSR count). The van der Waals surface area contributed by atoms with Crippen molar-refractivity contribution < 1.29 is 14.9 Å². The third-order valence-corrected chi connectivity index (χ3v) is 3.01. The van der Waals surface area contributed by atoms with Gasteiger partial charge in [0.25, 0.3) is 0 Å².